The number of allylic oxidation sites excluding steroid dienone is 1. The zero-order valence-electron chi connectivity index (χ0n) is 12.0. The topological polar surface area (TPSA) is 42.0 Å². The van der Waals surface area contributed by atoms with E-state index in [1.54, 1.807) is 12.1 Å². The lowest BCUT2D eigenvalue weighted by Gasteiger charge is -2.18. The molecule has 0 saturated heterocycles. The number of pyridine rings is 1. The van der Waals surface area contributed by atoms with Crippen molar-refractivity contribution >= 4 is 17.5 Å². The van der Waals surface area contributed by atoms with Crippen molar-refractivity contribution in [1.82, 2.24) is 10.3 Å². The minimum atomic E-state index is -0.134. The van der Waals surface area contributed by atoms with Crippen molar-refractivity contribution < 1.29 is 4.79 Å². The lowest BCUT2D eigenvalue weighted by atomic mass is 9.91. The summed E-state index contributed by atoms with van der Waals surface area (Å²) in [6.07, 6.45) is 4.81. The van der Waals surface area contributed by atoms with Gasteiger partial charge in [0.2, 0.25) is 0 Å². The molecule has 1 aromatic heterocycles. The van der Waals surface area contributed by atoms with Crippen molar-refractivity contribution in [3.8, 4) is 0 Å². The lowest BCUT2D eigenvalue weighted by Crippen LogP contribution is -2.25. The fraction of sp³-hybridized carbons (Fsp3) is 0.467. The molecule has 1 heterocycles. The third-order valence-electron chi connectivity index (χ3n) is 2.66. The second-order valence-corrected chi connectivity index (χ2v) is 5.81. The molecule has 1 aromatic rings. The Bertz CT molecular complexity index is 476. The van der Waals surface area contributed by atoms with Crippen LogP contribution in [0.1, 0.15) is 50.2 Å². The first kappa shape index (κ1) is 15.7. The van der Waals surface area contributed by atoms with Crippen molar-refractivity contribution in [1.29, 1.82) is 0 Å². The van der Waals surface area contributed by atoms with E-state index in [9.17, 15) is 4.79 Å². The summed E-state index contributed by atoms with van der Waals surface area (Å²) in [6, 6.07) is 3.40. The van der Waals surface area contributed by atoms with Crippen molar-refractivity contribution in [2.24, 2.45) is 0 Å². The Labute approximate surface area is 120 Å². The largest absolute Gasteiger partial charge is 0.352 e. The van der Waals surface area contributed by atoms with Gasteiger partial charge in [0.05, 0.1) is 0 Å². The highest BCUT2D eigenvalue weighted by Crippen LogP contribution is 2.23. The van der Waals surface area contributed by atoms with Crippen LogP contribution in [0.25, 0.3) is 0 Å². The molecule has 104 valence electrons. The van der Waals surface area contributed by atoms with Gasteiger partial charge in [-0.15, -0.1) is 0 Å². The summed E-state index contributed by atoms with van der Waals surface area (Å²) in [7, 11) is 0. The average molecular weight is 281 g/mol. The van der Waals surface area contributed by atoms with Crippen LogP contribution in [0.2, 0.25) is 5.15 Å². The highest BCUT2D eigenvalue weighted by molar-refractivity contribution is 6.29. The summed E-state index contributed by atoms with van der Waals surface area (Å²) in [6.45, 7) is 8.70. The molecule has 1 N–H and O–H groups in total. The quantitative estimate of drug-likeness (QED) is 0.519. The summed E-state index contributed by atoms with van der Waals surface area (Å²) >= 11 is 5.98. The van der Waals surface area contributed by atoms with Gasteiger partial charge in [0.15, 0.2) is 0 Å². The highest BCUT2D eigenvalue weighted by atomic mass is 35.5. The van der Waals surface area contributed by atoms with Gasteiger partial charge in [-0.3, -0.25) is 4.79 Å². The molecule has 0 spiro atoms. The number of rotatable bonds is 4. The first-order valence-electron chi connectivity index (χ1n) is 6.42. The van der Waals surface area contributed by atoms with E-state index in [4.69, 9.17) is 11.6 Å². The Morgan fingerprint density at radius 1 is 1.42 bits per heavy atom. The predicted molar refractivity (Wildman–Crippen MR) is 79.7 cm³/mol. The Balaban J connectivity index is 2.83. The van der Waals surface area contributed by atoms with Crippen LogP contribution >= 0.6 is 11.6 Å². The van der Waals surface area contributed by atoms with E-state index in [1.165, 1.54) is 0 Å². The molecule has 0 unspecified atom stereocenters. The molecule has 1 rings (SSSR count). The number of nitrogens with zero attached hydrogens (tertiary/aromatic N) is 1. The van der Waals surface area contributed by atoms with Crippen molar-refractivity contribution in [2.75, 3.05) is 6.54 Å². The number of amides is 1. The van der Waals surface area contributed by atoms with Crippen LogP contribution in [-0.2, 0) is 5.41 Å². The van der Waals surface area contributed by atoms with Gasteiger partial charge < -0.3 is 5.32 Å². The smallest absolute Gasteiger partial charge is 0.251 e. The van der Waals surface area contributed by atoms with Crippen LogP contribution in [0.5, 0.6) is 0 Å². The number of nitrogens with one attached hydrogen (secondary N) is 1. The number of carbonyl (C=O) groups is 1. The maximum atomic E-state index is 12.0. The standard InChI is InChI=1S/C15H21ClN2O/c1-5-6-7-8-17-14(19)11-9-12(15(2,3)4)18-13(16)10-11/h5-6,9-10H,7-8H2,1-4H3,(H,17,19)/b6-5+. The van der Waals surface area contributed by atoms with Gasteiger partial charge in [0.1, 0.15) is 5.15 Å². The maximum absolute atomic E-state index is 12.0. The molecule has 4 heteroatoms. The third kappa shape index (κ3) is 5.03. The molecular formula is C15H21ClN2O. The van der Waals surface area contributed by atoms with Gasteiger partial charge >= 0.3 is 0 Å². The van der Waals surface area contributed by atoms with Crippen molar-refractivity contribution in [3.05, 3.63) is 40.7 Å². The third-order valence-corrected chi connectivity index (χ3v) is 2.85. The number of hydrogen-bond donors (Lipinski definition) is 1. The van der Waals surface area contributed by atoms with Gasteiger partial charge in [-0.05, 0) is 25.5 Å². The molecule has 0 saturated carbocycles. The molecule has 0 fully saturated rings. The lowest BCUT2D eigenvalue weighted by molar-refractivity contribution is 0.0954. The minimum Gasteiger partial charge on any atom is -0.352 e. The molecule has 3 nitrogen and oxygen atoms in total. The van der Waals surface area contributed by atoms with Crippen LogP contribution < -0.4 is 5.32 Å². The van der Waals surface area contributed by atoms with Gasteiger partial charge in [-0.25, -0.2) is 4.98 Å². The first-order chi connectivity index (χ1) is 8.84. The zero-order chi connectivity index (χ0) is 14.5. The monoisotopic (exact) mass is 280 g/mol. The second-order valence-electron chi connectivity index (χ2n) is 5.43. The Hall–Kier alpha value is -1.35. The number of hydrogen-bond acceptors (Lipinski definition) is 2. The van der Waals surface area contributed by atoms with Crippen LogP contribution in [0.4, 0.5) is 0 Å². The fourth-order valence-corrected chi connectivity index (χ4v) is 1.76. The molecule has 0 atom stereocenters. The summed E-state index contributed by atoms with van der Waals surface area (Å²) < 4.78 is 0. The number of carbonyl (C=O) groups excluding carboxylic acids is 1. The second kappa shape index (κ2) is 6.71. The van der Waals surface area contributed by atoms with Crippen LogP contribution in [0.3, 0.4) is 0 Å². The van der Waals surface area contributed by atoms with E-state index in [1.807, 2.05) is 39.8 Å². The summed E-state index contributed by atoms with van der Waals surface area (Å²) in [5, 5.41) is 3.22. The van der Waals surface area contributed by atoms with Gasteiger partial charge in [-0.2, -0.15) is 0 Å². The summed E-state index contributed by atoms with van der Waals surface area (Å²) in [5.74, 6) is -0.112. The van der Waals surface area contributed by atoms with Crippen LogP contribution in [0.15, 0.2) is 24.3 Å². The molecule has 0 radical (unpaired) electrons. The molecule has 1 amide bonds. The van der Waals surface area contributed by atoms with E-state index in [-0.39, 0.29) is 11.3 Å². The molecule has 0 aromatic carbocycles. The number of halogens is 1. The van der Waals surface area contributed by atoms with E-state index >= 15 is 0 Å². The van der Waals surface area contributed by atoms with Gasteiger partial charge in [0, 0.05) is 23.2 Å². The minimum absolute atomic E-state index is 0.112. The fourth-order valence-electron chi connectivity index (χ4n) is 1.55. The molecule has 19 heavy (non-hydrogen) atoms. The molecular weight excluding hydrogens is 260 g/mol. The Morgan fingerprint density at radius 2 is 2.11 bits per heavy atom. The van der Waals surface area contributed by atoms with E-state index in [0.29, 0.717) is 17.3 Å². The number of aromatic nitrogens is 1. The zero-order valence-corrected chi connectivity index (χ0v) is 12.7. The normalized spacial score (nSPS) is 11.8. The van der Waals surface area contributed by atoms with Crippen molar-refractivity contribution in [3.63, 3.8) is 0 Å². The summed E-state index contributed by atoms with van der Waals surface area (Å²) in [4.78, 5) is 16.3. The first-order valence-corrected chi connectivity index (χ1v) is 6.80. The van der Waals surface area contributed by atoms with Crippen LogP contribution in [-0.4, -0.2) is 17.4 Å². The van der Waals surface area contributed by atoms with E-state index in [2.05, 4.69) is 10.3 Å². The van der Waals surface area contributed by atoms with E-state index in [0.717, 1.165) is 12.1 Å². The molecule has 0 aliphatic heterocycles. The predicted octanol–water partition coefficient (Wildman–Crippen LogP) is 3.73. The molecule has 0 bridgehead atoms. The van der Waals surface area contributed by atoms with Crippen molar-refractivity contribution in [2.45, 2.75) is 39.5 Å². The Morgan fingerprint density at radius 3 is 2.68 bits per heavy atom. The van der Waals surface area contributed by atoms with Gasteiger partial charge in [-0.1, -0.05) is 44.5 Å². The summed E-state index contributed by atoms with van der Waals surface area (Å²) in [5.41, 5.74) is 1.24. The highest BCUT2D eigenvalue weighted by Gasteiger charge is 2.18. The van der Waals surface area contributed by atoms with E-state index < -0.39 is 0 Å². The molecule has 0 aliphatic carbocycles. The molecule has 0 aliphatic rings. The van der Waals surface area contributed by atoms with Gasteiger partial charge in [0.25, 0.3) is 5.91 Å². The maximum Gasteiger partial charge on any atom is 0.251 e. The van der Waals surface area contributed by atoms with Crippen LogP contribution in [0, 0.1) is 0 Å². The average Bonchev–Trinajstić information content (AvgIpc) is 2.32. The Kier molecular flexibility index (Phi) is 5.55. The SMILES string of the molecule is C/C=C/CCNC(=O)c1cc(Cl)nc(C(C)(C)C)c1.